The van der Waals surface area contributed by atoms with Gasteiger partial charge in [0, 0.05) is 10.7 Å². The van der Waals surface area contributed by atoms with E-state index in [1.807, 2.05) is 18.4 Å². The molecule has 74 valence electrons. The molecule has 0 saturated heterocycles. The van der Waals surface area contributed by atoms with E-state index in [1.54, 1.807) is 0 Å². The number of benzene rings is 1. The summed E-state index contributed by atoms with van der Waals surface area (Å²) in [5.41, 5.74) is 2.79. The third kappa shape index (κ3) is 1.45. The van der Waals surface area contributed by atoms with Crippen molar-refractivity contribution in [1.82, 2.24) is 5.32 Å². The summed E-state index contributed by atoms with van der Waals surface area (Å²) in [5.74, 6) is 0. The van der Waals surface area contributed by atoms with Crippen LogP contribution in [0.15, 0.2) is 23.6 Å². The third-order valence-corrected chi connectivity index (χ3v) is 3.89. The fourth-order valence-electron chi connectivity index (χ4n) is 1.70. The molecule has 0 amide bonds. The Morgan fingerprint density at radius 2 is 2.14 bits per heavy atom. The predicted octanol–water partition coefficient (Wildman–Crippen LogP) is 3.49. The van der Waals surface area contributed by atoms with E-state index >= 15 is 0 Å². The Morgan fingerprint density at radius 3 is 2.86 bits per heavy atom. The van der Waals surface area contributed by atoms with E-state index in [-0.39, 0.29) is 0 Å². The molecule has 1 atom stereocenters. The molecule has 1 unspecified atom stereocenters. The zero-order valence-corrected chi connectivity index (χ0v) is 9.61. The first-order valence-corrected chi connectivity index (χ1v) is 5.76. The number of hydrogen-bond acceptors (Lipinski definition) is 2. The third-order valence-electron chi connectivity index (χ3n) is 2.72. The Labute approximate surface area is 88.8 Å². The van der Waals surface area contributed by atoms with Gasteiger partial charge in [0.05, 0.1) is 0 Å². The van der Waals surface area contributed by atoms with Crippen LogP contribution in [0.5, 0.6) is 0 Å². The molecule has 0 spiro atoms. The predicted molar refractivity (Wildman–Crippen MR) is 64.0 cm³/mol. The maximum absolute atomic E-state index is 3.29. The maximum atomic E-state index is 3.29. The van der Waals surface area contributed by atoms with Crippen LogP contribution in [0.1, 0.15) is 24.1 Å². The van der Waals surface area contributed by atoms with Crippen LogP contribution < -0.4 is 5.32 Å². The van der Waals surface area contributed by atoms with Crippen molar-refractivity contribution in [3.05, 3.63) is 34.7 Å². The van der Waals surface area contributed by atoms with Gasteiger partial charge in [-0.15, -0.1) is 11.3 Å². The van der Waals surface area contributed by atoms with Crippen LogP contribution in [0.3, 0.4) is 0 Å². The van der Waals surface area contributed by atoms with Crippen molar-refractivity contribution < 1.29 is 0 Å². The lowest BCUT2D eigenvalue weighted by Gasteiger charge is -2.11. The monoisotopic (exact) mass is 205 g/mol. The highest BCUT2D eigenvalue weighted by Crippen LogP contribution is 2.31. The van der Waals surface area contributed by atoms with E-state index in [2.05, 4.69) is 42.7 Å². The van der Waals surface area contributed by atoms with Gasteiger partial charge >= 0.3 is 0 Å². The molecule has 0 fully saturated rings. The van der Waals surface area contributed by atoms with Crippen molar-refractivity contribution >= 4 is 21.4 Å². The highest BCUT2D eigenvalue weighted by Gasteiger charge is 2.09. The fourth-order valence-corrected chi connectivity index (χ4v) is 2.86. The van der Waals surface area contributed by atoms with E-state index in [1.165, 1.54) is 21.2 Å². The molecule has 1 aromatic carbocycles. The van der Waals surface area contributed by atoms with Crippen LogP contribution in [0.4, 0.5) is 0 Å². The second-order valence-electron chi connectivity index (χ2n) is 3.65. The van der Waals surface area contributed by atoms with Gasteiger partial charge in [-0.25, -0.2) is 0 Å². The largest absolute Gasteiger partial charge is 0.313 e. The Kier molecular flexibility index (Phi) is 2.57. The molecular formula is C12H15NS. The lowest BCUT2D eigenvalue weighted by Crippen LogP contribution is -2.12. The van der Waals surface area contributed by atoms with Gasteiger partial charge in [-0.2, -0.15) is 0 Å². The van der Waals surface area contributed by atoms with Gasteiger partial charge in [0.2, 0.25) is 0 Å². The van der Waals surface area contributed by atoms with Gasteiger partial charge in [0.25, 0.3) is 0 Å². The van der Waals surface area contributed by atoms with E-state index in [4.69, 9.17) is 0 Å². The number of hydrogen-bond donors (Lipinski definition) is 1. The zero-order chi connectivity index (χ0) is 10.1. The normalized spacial score (nSPS) is 13.4. The minimum absolute atomic E-state index is 0.428. The van der Waals surface area contributed by atoms with Crippen LogP contribution in [0.2, 0.25) is 0 Å². The SMILES string of the molecule is CNC(C)c1cccc2c(C)csc12. The summed E-state index contributed by atoms with van der Waals surface area (Å²) in [6.45, 7) is 4.37. The maximum Gasteiger partial charge on any atom is 0.0393 e. The molecule has 2 heteroatoms. The van der Waals surface area contributed by atoms with E-state index < -0.39 is 0 Å². The Balaban J connectivity index is 2.65. The van der Waals surface area contributed by atoms with E-state index in [0.29, 0.717) is 6.04 Å². The van der Waals surface area contributed by atoms with Crippen molar-refractivity contribution in [3.8, 4) is 0 Å². The Bertz CT molecular complexity index is 445. The molecule has 1 N–H and O–H groups in total. The molecule has 0 saturated carbocycles. The summed E-state index contributed by atoms with van der Waals surface area (Å²) in [6, 6.07) is 6.98. The second kappa shape index (κ2) is 3.71. The first-order valence-electron chi connectivity index (χ1n) is 4.88. The summed E-state index contributed by atoms with van der Waals surface area (Å²) in [6.07, 6.45) is 0. The quantitative estimate of drug-likeness (QED) is 0.791. The highest BCUT2D eigenvalue weighted by molar-refractivity contribution is 7.17. The molecule has 0 radical (unpaired) electrons. The lowest BCUT2D eigenvalue weighted by molar-refractivity contribution is 0.658. The van der Waals surface area contributed by atoms with Gasteiger partial charge in [0.15, 0.2) is 0 Å². The fraction of sp³-hybridized carbons (Fsp3) is 0.333. The van der Waals surface area contributed by atoms with Gasteiger partial charge in [-0.3, -0.25) is 0 Å². The van der Waals surface area contributed by atoms with Gasteiger partial charge in [-0.1, -0.05) is 18.2 Å². The van der Waals surface area contributed by atoms with Crippen molar-refractivity contribution in [1.29, 1.82) is 0 Å². The van der Waals surface area contributed by atoms with Crippen molar-refractivity contribution in [3.63, 3.8) is 0 Å². The van der Waals surface area contributed by atoms with Gasteiger partial charge in [0.1, 0.15) is 0 Å². The van der Waals surface area contributed by atoms with Crippen LogP contribution in [0, 0.1) is 6.92 Å². The molecule has 2 rings (SSSR count). The summed E-state index contributed by atoms with van der Waals surface area (Å²) in [4.78, 5) is 0. The number of rotatable bonds is 2. The average Bonchev–Trinajstić information content (AvgIpc) is 2.59. The van der Waals surface area contributed by atoms with Crippen molar-refractivity contribution in [2.75, 3.05) is 7.05 Å². The molecule has 2 aromatic rings. The van der Waals surface area contributed by atoms with Crippen molar-refractivity contribution in [2.24, 2.45) is 0 Å². The van der Waals surface area contributed by atoms with Gasteiger partial charge in [-0.05, 0) is 42.8 Å². The number of nitrogens with one attached hydrogen (secondary N) is 1. The molecule has 1 aromatic heterocycles. The first kappa shape index (κ1) is 9.69. The summed E-state index contributed by atoms with van der Waals surface area (Å²) in [5, 5.41) is 6.92. The summed E-state index contributed by atoms with van der Waals surface area (Å²) < 4.78 is 1.42. The molecule has 14 heavy (non-hydrogen) atoms. The van der Waals surface area contributed by atoms with Crippen LogP contribution >= 0.6 is 11.3 Å². The average molecular weight is 205 g/mol. The van der Waals surface area contributed by atoms with Crippen LogP contribution in [0.25, 0.3) is 10.1 Å². The van der Waals surface area contributed by atoms with E-state index in [9.17, 15) is 0 Å². The first-order chi connectivity index (χ1) is 6.74. The standard InChI is InChI=1S/C12H15NS/c1-8-7-14-12-10(8)5-4-6-11(12)9(2)13-3/h4-7,9,13H,1-3H3. The van der Waals surface area contributed by atoms with E-state index in [0.717, 1.165) is 0 Å². The highest BCUT2D eigenvalue weighted by atomic mass is 32.1. The van der Waals surface area contributed by atoms with Crippen LogP contribution in [-0.4, -0.2) is 7.05 Å². The van der Waals surface area contributed by atoms with Crippen LogP contribution in [-0.2, 0) is 0 Å². The number of aryl methyl sites for hydroxylation is 1. The summed E-state index contributed by atoms with van der Waals surface area (Å²) in [7, 11) is 2.00. The minimum atomic E-state index is 0.428. The van der Waals surface area contributed by atoms with Crippen molar-refractivity contribution in [2.45, 2.75) is 19.9 Å². The molecule has 1 nitrogen and oxygen atoms in total. The molecule has 1 heterocycles. The molecular weight excluding hydrogens is 190 g/mol. The number of thiophene rings is 1. The Morgan fingerprint density at radius 1 is 1.36 bits per heavy atom. The molecule has 0 aliphatic rings. The Hall–Kier alpha value is -0.860. The van der Waals surface area contributed by atoms with Gasteiger partial charge < -0.3 is 5.32 Å². The molecule has 0 bridgehead atoms. The smallest absolute Gasteiger partial charge is 0.0393 e. The minimum Gasteiger partial charge on any atom is -0.313 e. The second-order valence-corrected chi connectivity index (χ2v) is 4.53. The zero-order valence-electron chi connectivity index (χ0n) is 8.79. The summed E-state index contributed by atoms with van der Waals surface area (Å²) >= 11 is 1.84. The number of fused-ring (bicyclic) bond motifs is 1. The lowest BCUT2D eigenvalue weighted by atomic mass is 10.1. The molecule has 0 aliphatic carbocycles. The molecule has 0 aliphatic heterocycles. The topological polar surface area (TPSA) is 12.0 Å².